The molecule has 1 unspecified atom stereocenters. The summed E-state index contributed by atoms with van der Waals surface area (Å²) in [6.07, 6.45) is 1.82. The van der Waals surface area contributed by atoms with Crippen molar-refractivity contribution in [2.45, 2.75) is 19.8 Å². The standard InChI is InChI=1S/C18H20Cl2O/c1-13-6-7-18(21-2)16(8-13)10-15(12-19)9-14-4-3-5-17(20)11-14/h3-8,11,15H,9-10,12H2,1-2H3. The van der Waals surface area contributed by atoms with Crippen molar-refractivity contribution in [3.05, 3.63) is 64.2 Å². The van der Waals surface area contributed by atoms with Gasteiger partial charge in [-0.15, -0.1) is 11.6 Å². The molecule has 0 radical (unpaired) electrons. The number of aryl methyl sites for hydroxylation is 1. The van der Waals surface area contributed by atoms with Gasteiger partial charge in [0.15, 0.2) is 0 Å². The van der Waals surface area contributed by atoms with Crippen molar-refractivity contribution >= 4 is 23.2 Å². The molecule has 0 aliphatic heterocycles. The summed E-state index contributed by atoms with van der Waals surface area (Å²) in [6, 6.07) is 14.2. The Kier molecular flexibility index (Phi) is 5.96. The first-order valence-electron chi connectivity index (χ1n) is 7.06. The molecule has 0 N–H and O–H groups in total. The zero-order chi connectivity index (χ0) is 15.2. The summed E-state index contributed by atoms with van der Waals surface area (Å²) >= 11 is 12.2. The number of alkyl halides is 1. The fourth-order valence-electron chi connectivity index (χ4n) is 2.56. The third-order valence-corrected chi connectivity index (χ3v) is 4.25. The van der Waals surface area contributed by atoms with Gasteiger partial charge in [-0.25, -0.2) is 0 Å². The van der Waals surface area contributed by atoms with Crippen LogP contribution in [0.3, 0.4) is 0 Å². The zero-order valence-corrected chi connectivity index (χ0v) is 13.9. The Balaban J connectivity index is 2.14. The predicted molar refractivity (Wildman–Crippen MR) is 90.8 cm³/mol. The minimum atomic E-state index is 0.362. The van der Waals surface area contributed by atoms with Gasteiger partial charge < -0.3 is 4.74 Å². The Bertz CT molecular complexity index is 596. The maximum Gasteiger partial charge on any atom is 0.122 e. The first-order valence-corrected chi connectivity index (χ1v) is 7.97. The minimum absolute atomic E-state index is 0.362. The predicted octanol–water partition coefficient (Wildman–Crippen LogP) is 5.30. The van der Waals surface area contributed by atoms with E-state index in [1.807, 2.05) is 24.3 Å². The van der Waals surface area contributed by atoms with Gasteiger partial charge in [0.25, 0.3) is 0 Å². The summed E-state index contributed by atoms with van der Waals surface area (Å²) in [4.78, 5) is 0. The van der Waals surface area contributed by atoms with Crippen molar-refractivity contribution in [2.75, 3.05) is 13.0 Å². The van der Waals surface area contributed by atoms with Gasteiger partial charge in [0, 0.05) is 10.9 Å². The molecule has 3 heteroatoms. The topological polar surface area (TPSA) is 9.23 Å². The van der Waals surface area contributed by atoms with Crippen LogP contribution in [0.5, 0.6) is 5.75 Å². The van der Waals surface area contributed by atoms with Crippen LogP contribution in [0.25, 0.3) is 0 Å². The third-order valence-electron chi connectivity index (χ3n) is 3.58. The van der Waals surface area contributed by atoms with Gasteiger partial charge in [0.05, 0.1) is 7.11 Å². The summed E-state index contributed by atoms with van der Waals surface area (Å²) in [5.74, 6) is 1.91. The van der Waals surface area contributed by atoms with Crippen molar-refractivity contribution in [1.29, 1.82) is 0 Å². The van der Waals surface area contributed by atoms with E-state index in [1.54, 1.807) is 7.11 Å². The quantitative estimate of drug-likeness (QED) is 0.656. The van der Waals surface area contributed by atoms with Crippen LogP contribution in [0, 0.1) is 12.8 Å². The lowest BCUT2D eigenvalue weighted by molar-refractivity contribution is 0.405. The van der Waals surface area contributed by atoms with Crippen LogP contribution in [0.1, 0.15) is 16.7 Å². The van der Waals surface area contributed by atoms with Crippen LogP contribution in [0.2, 0.25) is 5.02 Å². The van der Waals surface area contributed by atoms with Gasteiger partial charge >= 0.3 is 0 Å². The summed E-state index contributed by atoms with van der Waals surface area (Å²) < 4.78 is 5.45. The third kappa shape index (κ3) is 4.66. The Hall–Kier alpha value is -1.18. The largest absolute Gasteiger partial charge is 0.496 e. The molecule has 0 bridgehead atoms. The van der Waals surface area contributed by atoms with Crippen molar-refractivity contribution in [1.82, 2.24) is 0 Å². The first-order chi connectivity index (χ1) is 10.1. The van der Waals surface area contributed by atoms with E-state index in [-0.39, 0.29) is 0 Å². The molecule has 1 nitrogen and oxygen atoms in total. The van der Waals surface area contributed by atoms with E-state index in [0.717, 1.165) is 23.6 Å². The van der Waals surface area contributed by atoms with E-state index < -0.39 is 0 Å². The fraction of sp³-hybridized carbons (Fsp3) is 0.333. The maximum absolute atomic E-state index is 6.17. The molecular weight excluding hydrogens is 303 g/mol. The fourth-order valence-corrected chi connectivity index (χ4v) is 2.99. The van der Waals surface area contributed by atoms with Crippen molar-refractivity contribution in [3.8, 4) is 5.75 Å². The lowest BCUT2D eigenvalue weighted by atomic mass is 9.93. The van der Waals surface area contributed by atoms with E-state index in [9.17, 15) is 0 Å². The van der Waals surface area contributed by atoms with Crippen LogP contribution in [0.15, 0.2) is 42.5 Å². The minimum Gasteiger partial charge on any atom is -0.496 e. The lowest BCUT2D eigenvalue weighted by Gasteiger charge is -2.17. The average molecular weight is 323 g/mol. The molecule has 0 aromatic heterocycles. The molecule has 0 saturated heterocycles. The average Bonchev–Trinajstić information content (AvgIpc) is 2.47. The summed E-state index contributed by atoms with van der Waals surface area (Å²) in [7, 11) is 1.71. The van der Waals surface area contributed by atoms with E-state index in [1.165, 1.54) is 16.7 Å². The first kappa shape index (κ1) is 16.2. The van der Waals surface area contributed by atoms with Crippen LogP contribution >= 0.6 is 23.2 Å². The summed E-state index contributed by atoms with van der Waals surface area (Å²) in [6.45, 7) is 2.09. The Morgan fingerprint density at radius 2 is 1.90 bits per heavy atom. The Labute approximate surface area is 136 Å². The molecule has 0 heterocycles. The van der Waals surface area contributed by atoms with Gasteiger partial charge in [-0.2, -0.15) is 0 Å². The lowest BCUT2D eigenvalue weighted by Crippen LogP contribution is -2.11. The van der Waals surface area contributed by atoms with Crippen LogP contribution in [0.4, 0.5) is 0 Å². The van der Waals surface area contributed by atoms with Gasteiger partial charge in [-0.05, 0) is 55.0 Å². The number of methoxy groups -OCH3 is 1. The molecule has 2 aromatic carbocycles. The van der Waals surface area contributed by atoms with E-state index in [0.29, 0.717) is 11.8 Å². The van der Waals surface area contributed by atoms with Crippen LogP contribution in [-0.4, -0.2) is 13.0 Å². The number of benzene rings is 2. The van der Waals surface area contributed by atoms with Gasteiger partial charge in [0.1, 0.15) is 5.75 Å². The van der Waals surface area contributed by atoms with Crippen molar-refractivity contribution in [2.24, 2.45) is 5.92 Å². The molecule has 0 saturated carbocycles. The van der Waals surface area contributed by atoms with Crippen LogP contribution in [-0.2, 0) is 12.8 Å². The molecule has 21 heavy (non-hydrogen) atoms. The summed E-state index contributed by atoms with van der Waals surface area (Å²) in [5.41, 5.74) is 3.67. The number of halogens is 2. The van der Waals surface area contributed by atoms with Gasteiger partial charge in [-0.3, -0.25) is 0 Å². The molecule has 1 atom stereocenters. The normalized spacial score (nSPS) is 12.2. The highest BCUT2D eigenvalue weighted by Crippen LogP contribution is 2.25. The second kappa shape index (κ2) is 7.72. The highest BCUT2D eigenvalue weighted by atomic mass is 35.5. The van der Waals surface area contributed by atoms with Crippen molar-refractivity contribution in [3.63, 3.8) is 0 Å². The smallest absolute Gasteiger partial charge is 0.122 e. The molecule has 2 rings (SSSR count). The van der Waals surface area contributed by atoms with Gasteiger partial charge in [-0.1, -0.05) is 41.4 Å². The summed E-state index contributed by atoms with van der Waals surface area (Å²) in [5, 5.41) is 0.772. The highest BCUT2D eigenvalue weighted by Gasteiger charge is 2.13. The number of hydrogen-bond donors (Lipinski definition) is 0. The number of ether oxygens (including phenoxy) is 1. The van der Waals surface area contributed by atoms with Crippen LogP contribution < -0.4 is 4.74 Å². The second-order valence-electron chi connectivity index (χ2n) is 5.37. The Morgan fingerprint density at radius 1 is 1.10 bits per heavy atom. The molecule has 2 aromatic rings. The van der Waals surface area contributed by atoms with E-state index >= 15 is 0 Å². The molecule has 0 aliphatic carbocycles. The molecule has 0 fully saturated rings. The van der Waals surface area contributed by atoms with Gasteiger partial charge in [0.2, 0.25) is 0 Å². The molecule has 0 spiro atoms. The highest BCUT2D eigenvalue weighted by molar-refractivity contribution is 6.30. The van der Waals surface area contributed by atoms with E-state index in [4.69, 9.17) is 27.9 Å². The molecular formula is C18H20Cl2O. The zero-order valence-electron chi connectivity index (χ0n) is 12.4. The SMILES string of the molecule is COc1ccc(C)cc1CC(CCl)Cc1cccc(Cl)c1. The number of rotatable bonds is 6. The molecule has 112 valence electrons. The molecule has 0 aliphatic rings. The van der Waals surface area contributed by atoms with Crippen molar-refractivity contribution < 1.29 is 4.74 Å². The number of hydrogen-bond acceptors (Lipinski definition) is 1. The second-order valence-corrected chi connectivity index (χ2v) is 6.12. The monoisotopic (exact) mass is 322 g/mol. The maximum atomic E-state index is 6.17. The molecule has 0 amide bonds. The Morgan fingerprint density at radius 3 is 2.57 bits per heavy atom. The van der Waals surface area contributed by atoms with E-state index in [2.05, 4.69) is 25.1 Å².